The SMILES string of the molecule is CS(=O)(=O)N(CCN1CCOCC1)c1cc(C(=O)OC(Cc2c(Cl)cncc2Cl)c2ccc(OC(F)F)c(OCC3CC3)c2)ccc1OCc1ccccc1. The van der Waals surface area contributed by atoms with Crippen molar-refractivity contribution in [3.63, 3.8) is 0 Å². The number of sulfonamides is 1. The quantitative estimate of drug-likeness (QED) is 0.0930. The van der Waals surface area contributed by atoms with Gasteiger partial charge in [-0.05, 0) is 65.8 Å². The average Bonchev–Trinajstić information content (AvgIpc) is 4.00. The third-order valence-electron chi connectivity index (χ3n) is 9.14. The third kappa shape index (κ3) is 11.4. The maximum absolute atomic E-state index is 14.1. The minimum atomic E-state index is -3.88. The molecule has 0 bridgehead atoms. The van der Waals surface area contributed by atoms with Crippen molar-refractivity contribution in [2.75, 3.05) is 56.6 Å². The molecule has 4 aromatic rings. The summed E-state index contributed by atoms with van der Waals surface area (Å²) in [7, 11) is -3.88. The molecule has 1 aromatic heterocycles. The number of carbonyl (C=O) groups is 1. The number of pyridine rings is 1. The first-order valence-corrected chi connectivity index (χ1v) is 20.3. The largest absolute Gasteiger partial charge is 0.489 e. The van der Waals surface area contributed by atoms with Crippen molar-refractivity contribution < 1.29 is 45.7 Å². The highest BCUT2D eigenvalue weighted by Crippen LogP contribution is 2.39. The molecule has 1 saturated heterocycles. The number of morpholine rings is 1. The zero-order valence-electron chi connectivity index (χ0n) is 30.0. The molecule has 16 heteroatoms. The van der Waals surface area contributed by atoms with E-state index in [1.807, 2.05) is 30.3 Å². The van der Waals surface area contributed by atoms with E-state index in [9.17, 15) is 22.0 Å². The minimum absolute atomic E-state index is 0.0246. The van der Waals surface area contributed by atoms with Gasteiger partial charge in [0, 0.05) is 45.0 Å². The second kappa shape index (κ2) is 18.6. The monoisotopic (exact) mass is 819 g/mol. The lowest BCUT2D eigenvalue weighted by atomic mass is 10.0. The van der Waals surface area contributed by atoms with Gasteiger partial charge in [0.05, 0.1) is 47.4 Å². The Kier molecular flexibility index (Phi) is 13.7. The molecule has 1 atom stereocenters. The number of hydrogen-bond donors (Lipinski definition) is 0. The van der Waals surface area contributed by atoms with Crippen LogP contribution < -0.4 is 18.5 Å². The van der Waals surface area contributed by atoms with Gasteiger partial charge in [0.25, 0.3) is 0 Å². The van der Waals surface area contributed by atoms with Crippen LogP contribution in [0.15, 0.2) is 79.1 Å². The Labute approximate surface area is 329 Å². The van der Waals surface area contributed by atoms with Crippen LogP contribution in [-0.2, 0) is 32.5 Å². The van der Waals surface area contributed by atoms with Crippen LogP contribution in [0.5, 0.6) is 17.2 Å². The van der Waals surface area contributed by atoms with Crippen molar-refractivity contribution >= 4 is 44.9 Å². The Morgan fingerprint density at radius 1 is 0.964 bits per heavy atom. The molecular formula is C39H41Cl2F2N3O8S. The molecule has 55 heavy (non-hydrogen) atoms. The maximum Gasteiger partial charge on any atom is 0.387 e. The number of halogens is 4. The van der Waals surface area contributed by atoms with Crippen LogP contribution in [0, 0.1) is 5.92 Å². The van der Waals surface area contributed by atoms with Crippen LogP contribution in [0.4, 0.5) is 14.5 Å². The number of alkyl halides is 2. The summed E-state index contributed by atoms with van der Waals surface area (Å²) < 4.78 is 83.1. The Bertz CT molecular complexity index is 2020. The van der Waals surface area contributed by atoms with Crippen LogP contribution >= 0.6 is 23.2 Å². The highest BCUT2D eigenvalue weighted by molar-refractivity contribution is 7.92. The zero-order valence-corrected chi connectivity index (χ0v) is 32.4. The van der Waals surface area contributed by atoms with Gasteiger partial charge in [-0.2, -0.15) is 8.78 Å². The van der Waals surface area contributed by atoms with Crippen molar-refractivity contribution in [2.24, 2.45) is 5.92 Å². The number of hydrogen-bond acceptors (Lipinski definition) is 10. The van der Waals surface area contributed by atoms with E-state index in [1.165, 1.54) is 53.1 Å². The van der Waals surface area contributed by atoms with Crippen molar-refractivity contribution in [3.8, 4) is 17.2 Å². The molecule has 1 aliphatic heterocycles. The van der Waals surface area contributed by atoms with Gasteiger partial charge >= 0.3 is 12.6 Å². The lowest BCUT2D eigenvalue weighted by molar-refractivity contribution is -0.0515. The summed E-state index contributed by atoms with van der Waals surface area (Å²) in [5.41, 5.74) is 1.86. The van der Waals surface area contributed by atoms with Gasteiger partial charge in [-0.3, -0.25) is 14.2 Å². The van der Waals surface area contributed by atoms with E-state index in [0.717, 1.165) is 24.7 Å². The van der Waals surface area contributed by atoms with Crippen molar-refractivity contribution in [2.45, 2.75) is 38.6 Å². The number of carbonyl (C=O) groups excluding carboxylic acids is 1. The summed E-state index contributed by atoms with van der Waals surface area (Å²) in [5.74, 6) is -0.369. The molecule has 2 heterocycles. The summed E-state index contributed by atoms with van der Waals surface area (Å²) in [6, 6.07) is 18.1. The van der Waals surface area contributed by atoms with Crippen molar-refractivity contribution in [3.05, 3.63) is 111 Å². The second-order valence-corrected chi connectivity index (χ2v) is 16.0. The second-order valence-electron chi connectivity index (χ2n) is 13.3. The van der Waals surface area contributed by atoms with E-state index in [1.54, 1.807) is 0 Å². The topological polar surface area (TPSA) is 117 Å². The normalized spacial score (nSPS) is 15.4. The van der Waals surface area contributed by atoms with Gasteiger partial charge in [0.1, 0.15) is 18.5 Å². The first-order chi connectivity index (χ1) is 26.4. The zero-order chi connectivity index (χ0) is 39.0. The highest BCUT2D eigenvalue weighted by Gasteiger charge is 2.28. The number of nitrogens with zero attached hydrogens (tertiary/aromatic N) is 3. The predicted octanol–water partition coefficient (Wildman–Crippen LogP) is 7.60. The lowest BCUT2D eigenvalue weighted by Crippen LogP contribution is -2.43. The molecule has 6 rings (SSSR count). The predicted molar refractivity (Wildman–Crippen MR) is 204 cm³/mol. The summed E-state index contributed by atoms with van der Waals surface area (Å²) >= 11 is 13.0. The molecule has 11 nitrogen and oxygen atoms in total. The van der Waals surface area contributed by atoms with Gasteiger partial charge in [-0.15, -0.1) is 0 Å². The van der Waals surface area contributed by atoms with E-state index >= 15 is 0 Å². The molecule has 0 amide bonds. The molecular weight excluding hydrogens is 779 g/mol. The van der Waals surface area contributed by atoms with Crippen LogP contribution in [0.1, 0.15) is 46.0 Å². The number of aromatic nitrogens is 1. The molecule has 294 valence electrons. The molecule has 0 radical (unpaired) electrons. The molecule has 1 unspecified atom stereocenters. The van der Waals surface area contributed by atoms with Gasteiger partial charge in [0.15, 0.2) is 11.5 Å². The summed E-state index contributed by atoms with van der Waals surface area (Å²) in [6.45, 7) is 0.230. The molecule has 0 N–H and O–H groups in total. The molecule has 2 aliphatic rings. The number of ether oxygens (including phenoxy) is 5. The fraction of sp³-hybridized carbons (Fsp3) is 0.385. The minimum Gasteiger partial charge on any atom is -0.489 e. The Morgan fingerprint density at radius 2 is 1.67 bits per heavy atom. The van der Waals surface area contributed by atoms with Crippen molar-refractivity contribution in [1.82, 2.24) is 9.88 Å². The number of esters is 1. The van der Waals surface area contributed by atoms with Crippen molar-refractivity contribution in [1.29, 1.82) is 0 Å². The van der Waals surface area contributed by atoms with Gasteiger partial charge in [-0.25, -0.2) is 13.2 Å². The molecule has 0 spiro atoms. The van der Waals surface area contributed by atoms with Crippen LogP contribution in [-0.4, -0.2) is 83.1 Å². The first kappa shape index (κ1) is 40.5. The molecule has 1 saturated carbocycles. The molecule has 1 aliphatic carbocycles. The first-order valence-electron chi connectivity index (χ1n) is 17.7. The van der Waals surface area contributed by atoms with E-state index in [4.69, 9.17) is 46.9 Å². The fourth-order valence-electron chi connectivity index (χ4n) is 5.99. The summed E-state index contributed by atoms with van der Waals surface area (Å²) in [4.78, 5) is 20.3. The van der Waals surface area contributed by atoms with Gasteiger partial charge in [0.2, 0.25) is 10.0 Å². The fourth-order valence-corrected chi connectivity index (χ4v) is 7.42. The Hall–Kier alpha value is -4.21. The standard InChI is InChI=1S/C39H41Cl2F2N3O8S/c1-55(48,49)46(14-13-45-15-17-50-18-16-45)33-19-29(10-11-34(33)51-24-26-5-3-2-4-6-26)38(47)53-36(21-30-31(40)22-44-23-32(30)41)28-9-12-35(54-39(42)43)37(20-28)52-25-27-7-8-27/h2-6,9-12,19-20,22-23,27,36,39H,7-8,13-18,21,24-25H2,1H3. The van der Waals surface area contributed by atoms with E-state index in [-0.39, 0.29) is 58.1 Å². The number of anilines is 1. The van der Waals surface area contributed by atoms with Crippen LogP contribution in [0.25, 0.3) is 0 Å². The summed E-state index contributed by atoms with van der Waals surface area (Å²) in [5, 5.41) is 0.449. The number of rotatable bonds is 18. The third-order valence-corrected chi connectivity index (χ3v) is 11.0. The average molecular weight is 821 g/mol. The smallest absolute Gasteiger partial charge is 0.387 e. The van der Waals surface area contributed by atoms with Crippen LogP contribution in [0.3, 0.4) is 0 Å². The molecule has 3 aromatic carbocycles. The number of benzene rings is 3. The maximum atomic E-state index is 14.1. The Morgan fingerprint density at radius 3 is 2.35 bits per heavy atom. The van der Waals surface area contributed by atoms with E-state index in [0.29, 0.717) is 56.5 Å². The molecule has 2 fully saturated rings. The lowest BCUT2D eigenvalue weighted by Gasteiger charge is -2.31. The van der Waals surface area contributed by atoms with E-state index in [2.05, 4.69) is 9.88 Å². The highest BCUT2D eigenvalue weighted by atomic mass is 35.5. The Balaban J connectivity index is 1.34. The van der Waals surface area contributed by atoms with Crippen LogP contribution in [0.2, 0.25) is 10.0 Å². The van der Waals surface area contributed by atoms with Gasteiger partial charge in [-0.1, -0.05) is 59.6 Å². The van der Waals surface area contributed by atoms with Gasteiger partial charge < -0.3 is 23.7 Å². The van der Waals surface area contributed by atoms with E-state index < -0.39 is 28.7 Å². The summed E-state index contributed by atoms with van der Waals surface area (Å²) in [6.07, 6.45) is 4.74.